The molecule has 146 valence electrons. The third kappa shape index (κ3) is 4.65. The van der Waals surface area contributed by atoms with Crippen LogP contribution in [0.15, 0.2) is 109 Å². The Kier molecular flexibility index (Phi) is 5.72. The Bertz CT molecular complexity index is 1140. The minimum Gasteiger partial charge on any atom is -0.478 e. The van der Waals surface area contributed by atoms with Gasteiger partial charge in [-0.25, -0.2) is 4.79 Å². The molecule has 0 radical (unpaired) electrons. The van der Waals surface area contributed by atoms with Gasteiger partial charge in [-0.3, -0.25) is 0 Å². The van der Waals surface area contributed by atoms with Crippen LogP contribution in [0.5, 0.6) is 11.5 Å². The summed E-state index contributed by atoms with van der Waals surface area (Å²) in [4.78, 5) is 11.6. The average molecular weight is 392 g/mol. The van der Waals surface area contributed by atoms with Crippen LogP contribution in [-0.2, 0) is 4.79 Å². The smallest absolute Gasteiger partial charge is 0.336 e. The zero-order chi connectivity index (χ0) is 20.8. The fraction of sp³-hybridized carbons (Fsp3) is 0. The second kappa shape index (κ2) is 8.93. The highest BCUT2D eigenvalue weighted by Crippen LogP contribution is 2.27. The average Bonchev–Trinajstić information content (AvgIpc) is 2.80. The molecule has 30 heavy (non-hydrogen) atoms. The van der Waals surface area contributed by atoms with Crippen LogP contribution in [0.1, 0.15) is 11.1 Å². The van der Waals surface area contributed by atoms with Gasteiger partial charge in [0.05, 0.1) is 5.57 Å². The van der Waals surface area contributed by atoms with Crippen LogP contribution >= 0.6 is 0 Å². The van der Waals surface area contributed by atoms with Crippen molar-refractivity contribution in [1.82, 2.24) is 0 Å². The van der Waals surface area contributed by atoms with Crippen molar-refractivity contribution in [1.29, 1.82) is 0 Å². The van der Waals surface area contributed by atoms with Gasteiger partial charge in [0.1, 0.15) is 11.5 Å². The molecular formula is C27H20O3. The second-order valence-electron chi connectivity index (χ2n) is 6.79. The summed E-state index contributed by atoms with van der Waals surface area (Å²) >= 11 is 0. The van der Waals surface area contributed by atoms with Gasteiger partial charge in [-0.1, -0.05) is 84.9 Å². The summed E-state index contributed by atoms with van der Waals surface area (Å²) in [6, 6.07) is 34.6. The Morgan fingerprint density at radius 3 is 1.70 bits per heavy atom. The molecule has 4 aromatic carbocycles. The van der Waals surface area contributed by atoms with Crippen LogP contribution in [0.2, 0.25) is 0 Å². The first kappa shape index (κ1) is 19.2. The molecule has 0 aromatic heterocycles. The molecule has 0 bridgehead atoms. The van der Waals surface area contributed by atoms with E-state index < -0.39 is 5.97 Å². The van der Waals surface area contributed by atoms with Crippen molar-refractivity contribution in [2.24, 2.45) is 0 Å². The molecule has 4 rings (SSSR count). The quantitative estimate of drug-likeness (QED) is 0.291. The molecule has 0 aliphatic rings. The second-order valence-corrected chi connectivity index (χ2v) is 6.79. The maximum atomic E-state index is 11.6. The van der Waals surface area contributed by atoms with E-state index >= 15 is 0 Å². The van der Waals surface area contributed by atoms with Crippen molar-refractivity contribution in [2.75, 3.05) is 0 Å². The minimum atomic E-state index is -0.958. The van der Waals surface area contributed by atoms with E-state index in [2.05, 4.69) is 12.1 Å². The third-order valence-electron chi connectivity index (χ3n) is 4.70. The lowest BCUT2D eigenvalue weighted by Crippen LogP contribution is -1.99. The summed E-state index contributed by atoms with van der Waals surface area (Å²) in [7, 11) is 0. The number of carboxylic acid groups (broad SMARTS) is 1. The molecule has 0 fully saturated rings. The third-order valence-corrected chi connectivity index (χ3v) is 4.70. The number of rotatable bonds is 6. The van der Waals surface area contributed by atoms with Crippen molar-refractivity contribution in [3.8, 4) is 22.6 Å². The number of hydrogen-bond acceptors (Lipinski definition) is 2. The topological polar surface area (TPSA) is 46.5 Å². The highest BCUT2D eigenvalue weighted by Gasteiger charge is 2.10. The van der Waals surface area contributed by atoms with Gasteiger partial charge in [0.2, 0.25) is 0 Å². The Morgan fingerprint density at radius 2 is 1.13 bits per heavy atom. The first-order chi connectivity index (χ1) is 14.7. The fourth-order valence-electron chi connectivity index (χ4n) is 3.17. The van der Waals surface area contributed by atoms with Crippen LogP contribution in [0.3, 0.4) is 0 Å². The minimum absolute atomic E-state index is 0.251. The van der Waals surface area contributed by atoms with Gasteiger partial charge < -0.3 is 9.84 Å². The van der Waals surface area contributed by atoms with Crippen molar-refractivity contribution in [3.63, 3.8) is 0 Å². The first-order valence-electron chi connectivity index (χ1n) is 9.63. The fourth-order valence-corrected chi connectivity index (χ4v) is 3.17. The van der Waals surface area contributed by atoms with Crippen LogP contribution in [0.4, 0.5) is 0 Å². The van der Waals surface area contributed by atoms with Crippen molar-refractivity contribution in [2.45, 2.75) is 0 Å². The largest absolute Gasteiger partial charge is 0.478 e. The molecule has 0 amide bonds. The van der Waals surface area contributed by atoms with Gasteiger partial charge in [0.15, 0.2) is 0 Å². The standard InChI is InChI=1S/C27H20O3/c28-27(29)26(23-9-5-2-6-10-23)19-20-11-15-24(16-12-20)30-25-17-13-22(14-18-25)21-7-3-1-4-8-21/h1-19H,(H,28,29)/b26-19+. The first-order valence-corrected chi connectivity index (χ1v) is 9.63. The summed E-state index contributed by atoms with van der Waals surface area (Å²) in [5.41, 5.74) is 4.01. The van der Waals surface area contributed by atoms with Crippen LogP contribution in [-0.4, -0.2) is 11.1 Å². The molecule has 3 nitrogen and oxygen atoms in total. The van der Waals surface area contributed by atoms with Crippen LogP contribution < -0.4 is 4.74 Å². The molecular weight excluding hydrogens is 372 g/mol. The highest BCUT2D eigenvalue weighted by atomic mass is 16.5. The SMILES string of the molecule is O=C(O)/C(=C/c1ccc(Oc2ccc(-c3ccccc3)cc2)cc1)c1ccccc1. The molecule has 0 spiro atoms. The van der Waals surface area contributed by atoms with Gasteiger partial charge in [0.25, 0.3) is 0 Å². The van der Waals surface area contributed by atoms with Gasteiger partial charge in [-0.05, 0) is 52.6 Å². The highest BCUT2D eigenvalue weighted by molar-refractivity contribution is 6.20. The molecule has 0 unspecified atom stereocenters. The van der Waals surface area contributed by atoms with Crippen molar-refractivity contribution >= 4 is 17.6 Å². The number of benzene rings is 4. The van der Waals surface area contributed by atoms with Crippen LogP contribution in [0, 0.1) is 0 Å². The normalized spacial score (nSPS) is 11.1. The summed E-state index contributed by atoms with van der Waals surface area (Å²) < 4.78 is 5.92. The molecule has 0 aliphatic carbocycles. The summed E-state index contributed by atoms with van der Waals surface area (Å²) in [6.07, 6.45) is 1.66. The van der Waals surface area contributed by atoms with Crippen molar-refractivity contribution in [3.05, 3.63) is 120 Å². The maximum absolute atomic E-state index is 11.6. The number of hydrogen-bond donors (Lipinski definition) is 1. The lowest BCUT2D eigenvalue weighted by Gasteiger charge is -2.08. The van der Waals surface area contributed by atoms with E-state index in [0.29, 0.717) is 11.3 Å². The van der Waals surface area contributed by atoms with E-state index in [9.17, 15) is 9.90 Å². The van der Waals surface area contributed by atoms with Gasteiger partial charge in [-0.2, -0.15) is 0 Å². The molecule has 3 heteroatoms. The maximum Gasteiger partial charge on any atom is 0.336 e. The number of ether oxygens (including phenoxy) is 1. The summed E-state index contributed by atoms with van der Waals surface area (Å²) in [5, 5.41) is 9.55. The predicted octanol–water partition coefficient (Wildman–Crippen LogP) is 6.77. The molecule has 0 saturated carbocycles. The lowest BCUT2D eigenvalue weighted by molar-refractivity contribution is -0.130. The van der Waals surface area contributed by atoms with Gasteiger partial charge in [0, 0.05) is 0 Å². The molecule has 0 aliphatic heterocycles. The van der Waals surface area contributed by atoms with Gasteiger partial charge in [-0.15, -0.1) is 0 Å². The molecule has 0 heterocycles. The van der Waals surface area contributed by atoms with E-state index in [1.165, 1.54) is 0 Å². The van der Waals surface area contributed by atoms with Crippen LogP contribution in [0.25, 0.3) is 22.8 Å². The van der Waals surface area contributed by atoms with Crippen molar-refractivity contribution < 1.29 is 14.6 Å². The number of aliphatic carboxylic acids is 1. The summed E-state index contributed by atoms with van der Waals surface area (Å²) in [5.74, 6) is 0.477. The number of carbonyl (C=O) groups is 1. The molecule has 0 saturated heterocycles. The Hall–Kier alpha value is -4.11. The van der Waals surface area contributed by atoms with E-state index in [4.69, 9.17) is 4.74 Å². The predicted molar refractivity (Wildman–Crippen MR) is 120 cm³/mol. The monoisotopic (exact) mass is 392 g/mol. The number of carboxylic acids is 1. The lowest BCUT2D eigenvalue weighted by atomic mass is 10.0. The Morgan fingerprint density at radius 1 is 0.633 bits per heavy atom. The Labute approximate surface area is 175 Å². The van der Waals surface area contributed by atoms with E-state index in [0.717, 1.165) is 22.4 Å². The van der Waals surface area contributed by atoms with E-state index in [1.807, 2.05) is 84.9 Å². The zero-order valence-corrected chi connectivity index (χ0v) is 16.2. The molecule has 0 atom stereocenters. The van der Waals surface area contributed by atoms with E-state index in [-0.39, 0.29) is 5.57 Å². The zero-order valence-electron chi connectivity index (χ0n) is 16.2. The Balaban J connectivity index is 1.49. The summed E-state index contributed by atoms with van der Waals surface area (Å²) in [6.45, 7) is 0. The molecule has 1 N–H and O–H groups in total. The molecule has 4 aromatic rings. The van der Waals surface area contributed by atoms with Gasteiger partial charge >= 0.3 is 5.97 Å². The van der Waals surface area contributed by atoms with E-state index in [1.54, 1.807) is 18.2 Å².